The third kappa shape index (κ3) is 3.07. The van der Waals surface area contributed by atoms with Gasteiger partial charge in [0.25, 0.3) is 0 Å². The highest BCUT2D eigenvalue weighted by Crippen LogP contribution is 2.15. The van der Waals surface area contributed by atoms with Crippen molar-refractivity contribution in [1.82, 2.24) is 14.8 Å². The Hall–Kier alpha value is -1.88. The molecule has 0 saturated heterocycles. The molecule has 18 heavy (non-hydrogen) atoms. The third-order valence-electron chi connectivity index (χ3n) is 2.64. The van der Waals surface area contributed by atoms with Crippen LogP contribution in [0, 0.1) is 5.41 Å². The van der Waals surface area contributed by atoms with Gasteiger partial charge in [0.15, 0.2) is 0 Å². The van der Waals surface area contributed by atoms with E-state index in [2.05, 4.69) is 10.1 Å². The van der Waals surface area contributed by atoms with E-state index in [1.54, 1.807) is 11.0 Å². The van der Waals surface area contributed by atoms with Crippen molar-refractivity contribution < 1.29 is 4.74 Å². The Labute approximate surface area is 107 Å². The van der Waals surface area contributed by atoms with Crippen molar-refractivity contribution in [2.45, 2.75) is 13.8 Å². The number of aromatic nitrogens is 3. The van der Waals surface area contributed by atoms with Crippen molar-refractivity contribution in [2.75, 3.05) is 13.2 Å². The molecular formula is C13H18N4O. The first-order chi connectivity index (χ1) is 8.61. The number of hydrogen-bond donors (Lipinski definition) is 1. The van der Waals surface area contributed by atoms with E-state index in [1.165, 1.54) is 0 Å². The Kier molecular flexibility index (Phi) is 3.62. The van der Waals surface area contributed by atoms with Crippen LogP contribution in [0.1, 0.15) is 13.8 Å². The molecule has 5 nitrogen and oxygen atoms in total. The average molecular weight is 246 g/mol. The van der Waals surface area contributed by atoms with Crippen molar-refractivity contribution in [1.29, 1.82) is 0 Å². The van der Waals surface area contributed by atoms with Crippen LogP contribution in [0.5, 0.6) is 6.01 Å². The van der Waals surface area contributed by atoms with Crippen molar-refractivity contribution in [3.05, 3.63) is 36.7 Å². The Morgan fingerprint density at radius 3 is 2.67 bits per heavy atom. The molecule has 0 atom stereocenters. The zero-order valence-electron chi connectivity index (χ0n) is 10.7. The maximum Gasteiger partial charge on any atom is 0.335 e. The summed E-state index contributed by atoms with van der Waals surface area (Å²) in [7, 11) is 0. The molecule has 2 rings (SSSR count). The summed E-state index contributed by atoms with van der Waals surface area (Å²) < 4.78 is 7.23. The smallest absolute Gasteiger partial charge is 0.335 e. The number of nitrogens with two attached hydrogens (primary N) is 1. The molecule has 96 valence electrons. The van der Waals surface area contributed by atoms with E-state index in [0.717, 1.165) is 5.69 Å². The maximum absolute atomic E-state index is 5.64. The molecule has 0 aliphatic carbocycles. The molecule has 2 N–H and O–H groups in total. The summed E-state index contributed by atoms with van der Waals surface area (Å²) in [6, 6.07) is 10.2. The molecule has 0 radical (unpaired) electrons. The van der Waals surface area contributed by atoms with Crippen molar-refractivity contribution >= 4 is 0 Å². The molecule has 1 aromatic carbocycles. The monoisotopic (exact) mass is 246 g/mol. The van der Waals surface area contributed by atoms with Crippen molar-refractivity contribution in [3.63, 3.8) is 0 Å². The van der Waals surface area contributed by atoms with Crippen molar-refractivity contribution in [3.8, 4) is 11.7 Å². The van der Waals surface area contributed by atoms with E-state index >= 15 is 0 Å². The van der Waals surface area contributed by atoms with Crippen LogP contribution >= 0.6 is 0 Å². The van der Waals surface area contributed by atoms with Gasteiger partial charge in [0.1, 0.15) is 6.33 Å². The van der Waals surface area contributed by atoms with E-state index in [9.17, 15) is 0 Å². The maximum atomic E-state index is 5.64. The second kappa shape index (κ2) is 5.18. The van der Waals surface area contributed by atoms with Gasteiger partial charge in [0.05, 0.1) is 12.3 Å². The normalized spacial score (nSPS) is 11.5. The van der Waals surface area contributed by atoms with Gasteiger partial charge in [0, 0.05) is 12.0 Å². The zero-order valence-corrected chi connectivity index (χ0v) is 10.7. The molecule has 1 heterocycles. The quantitative estimate of drug-likeness (QED) is 0.870. The summed E-state index contributed by atoms with van der Waals surface area (Å²) in [4.78, 5) is 4.12. The molecule has 0 unspecified atom stereocenters. The molecule has 0 spiro atoms. The van der Waals surface area contributed by atoms with Crippen LogP contribution in [0.3, 0.4) is 0 Å². The van der Waals surface area contributed by atoms with Crippen molar-refractivity contribution in [2.24, 2.45) is 11.1 Å². The zero-order chi connectivity index (χ0) is 13.0. The second-order valence-electron chi connectivity index (χ2n) is 4.96. The van der Waals surface area contributed by atoms with Gasteiger partial charge < -0.3 is 10.5 Å². The van der Waals surface area contributed by atoms with Gasteiger partial charge in [-0.25, -0.2) is 4.68 Å². The van der Waals surface area contributed by atoms with E-state index in [0.29, 0.717) is 19.2 Å². The molecule has 1 aromatic heterocycles. The topological polar surface area (TPSA) is 66.0 Å². The Morgan fingerprint density at radius 2 is 2.00 bits per heavy atom. The first-order valence-corrected chi connectivity index (χ1v) is 5.91. The fourth-order valence-electron chi connectivity index (χ4n) is 1.34. The molecule has 0 bridgehead atoms. The molecule has 0 aliphatic heterocycles. The minimum absolute atomic E-state index is 0.0712. The molecule has 2 aromatic rings. The Bertz CT molecular complexity index is 493. The number of benzene rings is 1. The number of ether oxygens (including phenoxy) is 1. The summed E-state index contributed by atoms with van der Waals surface area (Å²) in [5.74, 6) is 0. The standard InChI is InChI=1S/C13H18N4O/c1-13(2,8-14)9-18-12-15-10-17(16-12)11-6-4-3-5-7-11/h3-7,10H,8-9,14H2,1-2H3. The minimum Gasteiger partial charge on any atom is -0.462 e. The Balaban J connectivity index is 2.03. The SMILES string of the molecule is CC(C)(CN)COc1ncn(-c2ccccc2)n1. The van der Waals surface area contributed by atoms with Gasteiger partial charge in [-0.1, -0.05) is 32.0 Å². The van der Waals surface area contributed by atoms with Crippen LogP contribution in [0.2, 0.25) is 0 Å². The second-order valence-corrected chi connectivity index (χ2v) is 4.96. The van der Waals surface area contributed by atoms with Gasteiger partial charge in [0.2, 0.25) is 0 Å². The van der Waals surface area contributed by atoms with Gasteiger partial charge >= 0.3 is 6.01 Å². The highest BCUT2D eigenvalue weighted by atomic mass is 16.5. The van der Waals surface area contributed by atoms with Gasteiger partial charge in [-0.05, 0) is 12.1 Å². The summed E-state index contributed by atoms with van der Waals surface area (Å²) in [5, 5.41) is 4.26. The molecular weight excluding hydrogens is 228 g/mol. The lowest BCUT2D eigenvalue weighted by Gasteiger charge is -2.20. The van der Waals surface area contributed by atoms with Crippen LogP contribution in [0.25, 0.3) is 5.69 Å². The van der Waals surface area contributed by atoms with E-state index in [-0.39, 0.29) is 5.41 Å². The fraction of sp³-hybridized carbons (Fsp3) is 0.385. The third-order valence-corrected chi connectivity index (χ3v) is 2.64. The number of rotatable bonds is 5. The van der Waals surface area contributed by atoms with E-state index in [4.69, 9.17) is 10.5 Å². The van der Waals surface area contributed by atoms with E-state index in [1.807, 2.05) is 44.2 Å². The summed E-state index contributed by atoms with van der Waals surface area (Å²) >= 11 is 0. The average Bonchev–Trinajstić information content (AvgIpc) is 2.86. The van der Waals surface area contributed by atoms with Crippen LogP contribution in [-0.2, 0) is 0 Å². The first kappa shape index (κ1) is 12.6. The summed E-state index contributed by atoms with van der Waals surface area (Å²) in [6.45, 7) is 5.15. The number of para-hydroxylation sites is 1. The predicted octanol–water partition coefficient (Wildman–Crippen LogP) is 1.63. The van der Waals surface area contributed by atoms with Gasteiger partial charge in [-0.15, -0.1) is 5.10 Å². The predicted molar refractivity (Wildman–Crippen MR) is 69.7 cm³/mol. The molecule has 0 aliphatic rings. The van der Waals surface area contributed by atoms with Crippen LogP contribution < -0.4 is 10.5 Å². The summed E-state index contributed by atoms with van der Waals surface area (Å²) in [5.41, 5.74) is 6.53. The lowest BCUT2D eigenvalue weighted by Crippen LogP contribution is -2.30. The lowest BCUT2D eigenvalue weighted by atomic mass is 9.95. The van der Waals surface area contributed by atoms with Crippen LogP contribution in [0.15, 0.2) is 36.7 Å². The molecule has 0 amide bonds. The van der Waals surface area contributed by atoms with Gasteiger partial charge in [-0.3, -0.25) is 0 Å². The van der Waals surface area contributed by atoms with E-state index < -0.39 is 0 Å². The molecule has 5 heteroatoms. The lowest BCUT2D eigenvalue weighted by molar-refractivity contribution is 0.175. The highest BCUT2D eigenvalue weighted by Gasteiger charge is 2.17. The Morgan fingerprint density at radius 1 is 1.28 bits per heavy atom. The van der Waals surface area contributed by atoms with Crippen LogP contribution in [0.4, 0.5) is 0 Å². The van der Waals surface area contributed by atoms with Crippen LogP contribution in [-0.4, -0.2) is 27.9 Å². The first-order valence-electron chi connectivity index (χ1n) is 5.91. The number of nitrogens with zero attached hydrogens (tertiary/aromatic N) is 3. The summed E-state index contributed by atoms with van der Waals surface area (Å²) in [6.07, 6.45) is 1.64. The molecule has 0 saturated carbocycles. The highest BCUT2D eigenvalue weighted by molar-refractivity contribution is 5.29. The molecule has 0 fully saturated rings. The number of hydrogen-bond acceptors (Lipinski definition) is 4. The largest absolute Gasteiger partial charge is 0.462 e. The minimum atomic E-state index is -0.0712. The fourth-order valence-corrected chi connectivity index (χ4v) is 1.34. The van der Waals surface area contributed by atoms with Gasteiger partial charge in [-0.2, -0.15) is 4.98 Å².